The van der Waals surface area contributed by atoms with Gasteiger partial charge in [-0.25, -0.2) is 0 Å². The van der Waals surface area contributed by atoms with Gasteiger partial charge in [-0.1, -0.05) is 25.7 Å². The summed E-state index contributed by atoms with van der Waals surface area (Å²) < 4.78 is 0. The van der Waals surface area contributed by atoms with Crippen molar-refractivity contribution >= 4 is 23.8 Å². The molecule has 0 saturated heterocycles. The van der Waals surface area contributed by atoms with Crippen LogP contribution in [0, 0.1) is 0 Å². The molecule has 8 nitrogen and oxygen atoms in total. The monoisotopic (exact) mass is 344 g/mol. The lowest BCUT2D eigenvalue weighted by atomic mass is 10.1. The molecule has 0 aliphatic rings. The van der Waals surface area contributed by atoms with E-state index in [0.717, 1.165) is 25.7 Å². The summed E-state index contributed by atoms with van der Waals surface area (Å²) >= 11 is 0. The molecule has 0 aliphatic heterocycles. The first-order valence-corrected chi connectivity index (χ1v) is 8.28. The molecular formula is C16H28N2O6. The van der Waals surface area contributed by atoms with Crippen LogP contribution in [0.5, 0.6) is 0 Å². The molecule has 0 rings (SSSR count). The number of carbonyl (C=O) groups excluding carboxylic acids is 2. The summed E-state index contributed by atoms with van der Waals surface area (Å²) in [6, 6.07) is -1.74. The molecule has 0 aromatic carbocycles. The maximum Gasteiger partial charge on any atom is 0.325 e. The highest BCUT2D eigenvalue weighted by Gasteiger charge is 2.14. The Morgan fingerprint density at radius 1 is 0.667 bits per heavy atom. The molecule has 2 unspecified atom stereocenters. The van der Waals surface area contributed by atoms with E-state index in [-0.39, 0.29) is 11.8 Å². The molecule has 0 spiro atoms. The maximum atomic E-state index is 11.4. The molecule has 2 atom stereocenters. The largest absolute Gasteiger partial charge is 0.480 e. The number of amides is 2. The Labute approximate surface area is 142 Å². The topological polar surface area (TPSA) is 133 Å². The number of carboxylic acid groups (broad SMARTS) is 2. The number of rotatable bonds is 13. The van der Waals surface area contributed by atoms with Crippen LogP contribution in [0.3, 0.4) is 0 Å². The van der Waals surface area contributed by atoms with Crippen LogP contribution in [0.15, 0.2) is 0 Å². The number of nitrogens with one attached hydrogen (secondary N) is 2. The van der Waals surface area contributed by atoms with Crippen LogP contribution in [-0.4, -0.2) is 46.0 Å². The first kappa shape index (κ1) is 21.9. The second-order valence-corrected chi connectivity index (χ2v) is 5.88. The number of aliphatic carboxylic acids is 2. The van der Waals surface area contributed by atoms with Gasteiger partial charge in [0.1, 0.15) is 12.1 Å². The van der Waals surface area contributed by atoms with Crippen molar-refractivity contribution in [1.82, 2.24) is 10.6 Å². The normalized spacial score (nSPS) is 12.9. The third-order valence-corrected chi connectivity index (χ3v) is 3.55. The smallest absolute Gasteiger partial charge is 0.325 e. The Balaban J connectivity index is 3.51. The zero-order chi connectivity index (χ0) is 18.5. The van der Waals surface area contributed by atoms with Gasteiger partial charge in [0.05, 0.1) is 0 Å². The zero-order valence-corrected chi connectivity index (χ0v) is 14.3. The molecule has 138 valence electrons. The van der Waals surface area contributed by atoms with Crippen molar-refractivity contribution in [2.75, 3.05) is 0 Å². The van der Waals surface area contributed by atoms with Crippen LogP contribution in [0.4, 0.5) is 0 Å². The highest BCUT2D eigenvalue weighted by atomic mass is 16.4. The standard InChI is InChI=1S/C16H28N2O6/c1-11(15(21)22)17-13(19)9-7-5-3-4-6-8-10-14(20)18-12(2)16(23)24/h11-12H,3-10H2,1-2H3,(H,17,19)(H,18,20)(H,21,22)(H,23,24). The minimum Gasteiger partial charge on any atom is -0.480 e. The Kier molecular flexibility index (Phi) is 11.2. The van der Waals surface area contributed by atoms with Crippen LogP contribution in [0.1, 0.15) is 65.2 Å². The molecule has 0 radical (unpaired) electrons. The van der Waals surface area contributed by atoms with Crippen molar-refractivity contribution < 1.29 is 29.4 Å². The van der Waals surface area contributed by atoms with E-state index in [1.165, 1.54) is 13.8 Å². The Morgan fingerprint density at radius 3 is 1.25 bits per heavy atom. The first-order chi connectivity index (χ1) is 11.2. The van der Waals surface area contributed by atoms with Crippen LogP contribution >= 0.6 is 0 Å². The average molecular weight is 344 g/mol. The second kappa shape index (κ2) is 12.3. The molecule has 0 fully saturated rings. The lowest BCUT2D eigenvalue weighted by molar-refractivity contribution is -0.141. The highest BCUT2D eigenvalue weighted by Crippen LogP contribution is 2.09. The van der Waals surface area contributed by atoms with Crippen molar-refractivity contribution in [3.63, 3.8) is 0 Å². The van der Waals surface area contributed by atoms with Gasteiger partial charge in [-0.2, -0.15) is 0 Å². The predicted octanol–water partition coefficient (Wildman–Crippen LogP) is 1.29. The highest BCUT2D eigenvalue weighted by molar-refractivity contribution is 5.83. The van der Waals surface area contributed by atoms with E-state index < -0.39 is 24.0 Å². The summed E-state index contributed by atoms with van der Waals surface area (Å²) in [6.45, 7) is 2.85. The summed E-state index contributed by atoms with van der Waals surface area (Å²) in [7, 11) is 0. The van der Waals surface area contributed by atoms with E-state index in [9.17, 15) is 19.2 Å². The van der Waals surface area contributed by atoms with E-state index >= 15 is 0 Å². The van der Waals surface area contributed by atoms with Crippen molar-refractivity contribution in [3.05, 3.63) is 0 Å². The lowest BCUT2D eigenvalue weighted by Gasteiger charge is -2.09. The van der Waals surface area contributed by atoms with Crippen molar-refractivity contribution in [2.45, 2.75) is 77.3 Å². The van der Waals surface area contributed by atoms with Crippen LogP contribution in [-0.2, 0) is 19.2 Å². The molecule has 0 aliphatic carbocycles. The molecule has 0 heterocycles. The third kappa shape index (κ3) is 11.4. The number of carboxylic acids is 2. The zero-order valence-electron chi connectivity index (χ0n) is 14.3. The molecule has 8 heteroatoms. The van der Waals surface area contributed by atoms with Gasteiger partial charge in [0.25, 0.3) is 0 Å². The van der Waals surface area contributed by atoms with E-state index in [0.29, 0.717) is 25.7 Å². The molecular weight excluding hydrogens is 316 g/mol. The van der Waals surface area contributed by atoms with Crippen molar-refractivity contribution in [1.29, 1.82) is 0 Å². The lowest BCUT2D eigenvalue weighted by Crippen LogP contribution is -2.38. The molecule has 0 bridgehead atoms. The van der Waals surface area contributed by atoms with E-state index in [1.807, 2.05) is 0 Å². The molecule has 2 amide bonds. The van der Waals surface area contributed by atoms with Crippen molar-refractivity contribution in [2.24, 2.45) is 0 Å². The van der Waals surface area contributed by atoms with Crippen molar-refractivity contribution in [3.8, 4) is 0 Å². The number of hydrogen-bond acceptors (Lipinski definition) is 4. The molecule has 24 heavy (non-hydrogen) atoms. The second-order valence-electron chi connectivity index (χ2n) is 5.88. The van der Waals surface area contributed by atoms with E-state index in [2.05, 4.69) is 10.6 Å². The molecule has 0 aromatic heterocycles. The Hall–Kier alpha value is -2.12. The fraction of sp³-hybridized carbons (Fsp3) is 0.750. The third-order valence-electron chi connectivity index (χ3n) is 3.55. The van der Waals surface area contributed by atoms with Gasteiger partial charge in [0, 0.05) is 12.8 Å². The fourth-order valence-corrected chi connectivity index (χ4v) is 2.03. The summed E-state index contributed by atoms with van der Waals surface area (Å²) in [6.07, 6.45) is 5.65. The fourth-order valence-electron chi connectivity index (χ4n) is 2.03. The Bertz CT molecular complexity index is 398. The summed E-state index contributed by atoms with van der Waals surface area (Å²) in [5.74, 6) is -2.61. The predicted molar refractivity (Wildman–Crippen MR) is 87.4 cm³/mol. The van der Waals surface area contributed by atoms with E-state index in [4.69, 9.17) is 10.2 Å². The summed E-state index contributed by atoms with van der Waals surface area (Å²) in [4.78, 5) is 44.0. The minimum absolute atomic E-state index is 0.255. The quantitative estimate of drug-likeness (QED) is 0.372. The van der Waals surface area contributed by atoms with Gasteiger partial charge in [0.15, 0.2) is 0 Å². The summed E-state index contributed by atoms with van der Waals surface area (Å²) in [5.41, 5.74) is 0. The van der Waals surface area contributed by atoms with E-state index in [1.54, 1.807) is 0 Å². The van der Waals surface area contributed by atoms with Gasteiger partial charge in [-0.05, 0) is 26.7 Å². The van der Waals surface area contributed by atoms with Crippen LogP contribution < -0.4 is 10.6 Å². The van der Waals surface area contributed by atoms with Crippen LogP contribution in [0.25, 0.3) is 0 Å². The number of hydrogen-bond donors (Lipinski definition) is 4. The minimum atomic E-state index is -1.05. The number of carbonyl (C=O) groups is 4. The SMILES string of the molecule is CC(NC(=O)CCCCCCCCC(=O)NC(C)C(=O)O)C(=O)O. The molecule has 4 N–H and O–H groups in total. The summed E-state index contributed by atoms with van der Waals surface area (Å²) in [5, 5.41) is 22.1. The van der Waals surface area contributed by atoms with Gasteiger partial charge < -0.3 is 20.8 Å². The van der Waals surface area contributed by atoms with Gasteiger partial charge in [-0.15, -0.1) is 0 Å². The maximum absolute atomic E-state index is 11.4. The average Bonchev–Trinajstić information content (AvgIpc) is 2.49. The Morgan fingerprint density at radius 2 is 0.958 bits per heavy atom. The molecule has 0 aromatic rings. The van der Waals surface area contributed by atoms with Gasteiger partial charge in [-0.3, -0.25) is 19.2 Å². The first-order valence-electron chi connectivity index (χ1n) is 8.28. The van der Waals surface area contributed by atoms with Gasteiger partial charge in [0.2, 0.25) is 11.8 Å². The number of unbranched alkanes of at least 4 members (excludes halogenated alkanes) is 5. The van der Waals surface area contributed by atoms with Gasteiger partial charge >= 0.3 is 11.9 Å². The molecule has 0 saturated carbocycles. The van der Waals surface area contributed by atoms with Crippen LogP contribution in [0.2, 0.25) is 0 Å².